The van der Waals surface area contributed by atoms with Crippen LogP contribution in [0.4, 0.5) is 10.8 Å². The summed E-state index contributed by atoms with van der Waals surface area (Å²) in [5.74, 6) is -24.5. The Morgan fingerprint density at radius 3 is 1.93 bits per heavy atom. The Morgan fingerprint density at radius 2 is 1.46 bits per heavy atom. The van der Waals surface area contributed by atoms with E-state index in [0.29, 0.717) is 11.3 Å². The molecule has 0 radical (unpaired) electrons. The first-order valence-electron chi connectivity index (χ1n) is 11.0. The lowest BCUT2D eigenvalue weighted by molar-refractivity contribution is -0.416. The lowest BCUT2D eigenvalue weighted by Crippen LogP contribution is -2.69. The monoisotopic (exact) mass is 602 g/mol. The van der Waals surface area contributed by atoms with Crippen LogP contribution in [0.3, 0.4) is 0 Å². The zero-order valence-electron chi connectivity index (χ0n) is 20.7. The lowest BCUT2D eigenvalue weighted by Gasteiger charge is -2.41. The van der Waals surface area contributed by atoms with Crippen LogP contribution in [0.5, 0.6) is 23.0 Å². The van der Waals surface area contributed by atoms with Crippen molar-refractivity contribution in [1.29, 1.82) is 0 Å². The molecule has 0 bridgehead atoms. The number of amides is 1. The summed E-state index contributed by atoms with van der Waals surface area (Å²) in [4.78, 5) is 15.9. The van der Waals surface area contributed by atoms with Crippen molar-refractivity contribution in [2.24, 2.45) is 0 Å². The number of phenolic OH excluding ortho intramolecular Hbond substituents is 4. The van der Waals surface area contributed by atoms with Crippen LogP contribution in [0.25, 0.3) is 0 Å². The fourth-order valence-corrected chi connectivity index (χ4v) is 4.26. The highest BCUT2D eigenvalue weighted by Crippen LogP contribution is 2.54. The third kappa shape index (κ3) is 5.68. The van der Waals surface area contributed by atoms with E-state index in [2.05, 4.69) is 4.98 Å². The highest BCUT2D eigenvalue weighted by atomic mass is 32.1. The minimum Gasteiger partial charge on any atom is -0.504 e. The molecule has 16 N–H and O–H groups in total. The molecule has 2 aromatic carbocycles. The summed E-state index contributed by atoms with van der Waals surface area (Å²) in [6.45, 7) is 0. The molecule has 0 saturated heterocycles. The first-order valence-corrected chi connectivity index (χ1v) is 11.9. The van der Waals surface area contributed by atoms with Crippen molar-refractivity contribution in [3.05, 3.63) is 52.5 Å². The van der Waals surface area contributed by atoms with Gasteiger partial charge in [0.15, 0.2) is 34.2 Å². The molecule has 1 amide bonds. The summed E-state index contributed by atoms with van der Waals surface area (Å²) in [5.41, 5.74) is 1.57. The topological polar surface area (TPSA) is 332 Å². The molecule has 0 fully saturated rings. The van der Waals surface area contributed by atoms with Gasteiger partial charge in [-0.3, -0.25) is 4.79 Å². The minimum absolute atomic E-state index is 0.0371. The number of carbonyl (C=O) groups is 1. The van der Waals surface area contributed by atoms with Crippen LogP contribution in [0.15, 0.2) is 35.7 Å². The number of nitrogens with zero attached hydrogens (tertiary/aromatic N) is 1. The van der Waals surface area contributed by atoms with Crippen molar-refractivity contribution in [2.75, 3.05) is 18.2 Å². The summed E-state index contributed by atoms with van der Waals surface area (Å²) in [7, 11) is 0.986. The summed E-state index contributed by atoms with van der Waals surface area (Å²) in [5, 5.41) is 128. The SMILES string of the molecule is COC(c1ccccc1)C(O)(O)NC(O)(O)C(O)(O)c1c(O)c(O)c(NC(=O)C(O)(O)c2csc(N)n2)c(O)c1O. The Hall–Kier alpha value is -3.86. The van der Waals surface area contributed by atoms with E-state index < -0.39 is 75.4 Å². The quantitative estimate of drug-likeness (QED) is 0.0614. The zero-order valence-corrected chi connectivity index (χ0v) is 21.5. The van der Waals surface area contributed by atoms with Gasteiger partial charge in [0.05, 0.1) is 0 Å². The molecule has 224 valence electrons. The predicted molar refractivity (Wildman–Crippen MR) is 134 cm³/mol. The van der Waals surface area contributed by atoms with Gasteiger partial charge in [0, 0.05) is 12.5 Å². The molecule has 18 nitrogen and oxygen atoms in total. The number of rotatable bonds is 10. The van der Waals surface area contributed by atoms with E-state index >= 15 is 0 Å². The second-order valence-corrected chi connectivity index (χ2v) is 9.45. The average molecular weight is 603 g/mol. The zero-order chi connectivity index (χ0) is 31.1. The Labute approximate surface area is 232 Å². The van der Waals surface area contributed by atoms with Crippen molar-refractivity contribution in [1.82, 2.24) is 10.3 Å². The number of nitrogen functional groups attached to an aromatic ring is 1. The van der Waals surface area contributed by atoms with Crippen LogP contribution in [0.1, 0.15) is 22.9 Å². The second kappa shape index (κ2) is 10.8. The Balaban J connectivity index is 2.00. The number of thiazole rings is 1. The van der Waals surface area contributed by atoms with E-state index in [1.165, 1.54) is 29.6 Å². The molecule has 1 atom stereocenters. The molecular weight excluding hydrogens is 576 g/mol. The molecule has 0 aliphatic rings. The van der Waals surface area contributed by atoms with Gasteiger partial charge in [-0.15, -0.1) is 11.3 Å². The first-order chi connectivity index (χ1) is 18.8. The smallest absolute Gasteiger partial charge is 0.291 e. The second-order valence-electron chi connectivity index (χ2n) is 8.56. The predicted octanol–water partition coefficient (Wildman–Crippen LogP) is -3.28. The van der Waals surface area contributed by atoms with Crippen molar-refractivity contribution in [3.63, 3.8) is 0 Å². The van der Waals surface area contributed by atoms with E-state index in [1.807, 2.05) is 0 Å². The number of carbonyl (C=O) groups excluding carboxylic acids is 1. The van der Waals surface area contributed by atoms with Crippen LogP contribution < -0.4 is 16.4 Å². The van der Waals surface area contributed by atoms with Crippen molar-refractivity contribution >= 4 is 28.1 Å². The number of methoxy groups -OCH3 is 1. The van der Waals surface area contributed by atoms with Crippen LogP contribution >= 0.6 is 11.3 Å². The lowest BCUT2D eigenvalue weighted by atomic mass is 9.96. The van der Waals surface area contributed by atoms with E-state index in [-0.39, 0.29) is 10.7 Å². The molecule has 1 heterocycles. The van der Waals surface area contributed by atoms with Gasteiger partial charge in [0.25, 0.3) is 29.3 Å². The highest BCUT2D eigenvalue weighted by Gasteiger charge is 2.58. The number of aromatic hydroxyl groups is 4. The van der Waals surface area contributed by atoms with Gasteiger partial charge in [0.2, 0.25) is 0 Å². The third-order valence-corrected chi connectivity index (χ3v) is 6.40. The van der Waals surface area contributed by atoms with E-state index in [9.17, 15) is 66.1 Å². The Bertz CT molecular complexity index is 1400. The van der Waals surface area contributed by atoms with Gasteiger partial charge in [-0.1, -0.05) is 30.3 Å². The van der Waals surface area contributed by atoms with Gasteiger partial charge in [-0.2, -0.15) is 0 Å². The minimum atomic E-state index is -4.40. The normalized spacial score (nSPS) is 13.7. The van der Waals surface area contributed by atoms with Gasteiger partial charge >= 0.3 is 0 Å². The number of hydrogen-bond donors (Lipinski definition) is 15. The number of aromatic nitrogens is 1. The Morgan fingerprint density at radius 1 is 0.927 bits per heavy atom. The largest absolute Gasteiger partial charge is 0.504 e. The van der Waals surface area contributed by atoms with Crippen molar-refractivity contribution in [2.45, 2.75) is 29.5 Å². The molecule has 3 rings (SSSR count). The number of aliphatic hydroxyl groups is 8. The number of anilines is 2. The van der Waals surface area contributed by atoms with Crippen LogP contribution in [-0.4, -0.2) is 91.1 Å². The van der Waals surface area contributed by atoms with E-state index in [4.69, 9.17) is 10.5 Å². The molecule has 0 spiro atoms. The Kier molecular flexibility index (Phi) is 8.38. The number of ether oxygens (including phenoxy) is 1. The third-order valence-electron chi connectivity index (χ3n) is 5.73. The number of nitrogens with two attached hydrogens (primary N) is 1. The average Bonchev–Trinajstić information content (AvgIpc) is 3.32. The standard InChI is InChI=1S/C22H26N4O14S/c1-40-16(8-5-3-2-4-6-8)21(36,37)26-22(38,39)20(34,35)10-12(27)14(29)11(15(30)13(10)28)25-17(31)19(32,33)9-7-41-18(23)24-9/h2-7,16,26-30,32-39H,1H3,(H2,23,24)(H,25,31). The molecular formula is C22H26N4O14S. The fourth-order valence-electron chi connectivity index (χ4n) is 3.66. The molecule has 1 aromatic heterocycles. The van der Waals surface area contributed by atoms with E-state index in [1.54, 1.807) is 11.4 Å². The van der Waals surface area contributed by atoms with Crippen molar-refractivity contribution < 1.29 is 70.8 Å². The first kappa shape index (κ1) is 31.7. The summed E-state index contributed by atoms with van der Waals surface area (Å²) >= 11 is 0.714. The fraction of sp³-hybridized carbons (Fsp3) is 0.273. The molecule has 0 saturated carbocycles. The summed E-state index contributed by atoms with van der Waals surface area (Å²) in [6, 6.07) is 7.13. The maximum absolute atomic E-state index is 12.4. The van der Waals surface area contributed by atoms with Crippen LogP contribution in [0, 0.1) is 0 Å². The molecule has 3 aromatic rings. The van der Waals surface area contributed by atoms with Gasteiger partial charge in [-0.05, 0) is 5.56 Å². The van der Waals surface area contributed by atoms with Gasteiger partial charge in [0.1, 0.15) is 16.9 Å². The van der Waals surface area contributed by atoms with Crippen LogP contribution in [0.2, 0.25) is 0 Å². The molecule has 0 aliphatic carbocycles. The number of benzene rings is 2. The highest BCUT2D eigenvalue weighted by molar-refractivity contribution is 7.13. The number of hydrogen-bond acceptors (Lipinski definition) is 18. The van der Waals surface area contributed by atoms with E-state index in [0.717, 1.165) is 12.5 Å². The van der Waals surface area contributed by atoms with Gasteiger partial charge < -0.3 is 77.1 Å². The van der Waals surface area contributed by atoms with Gasteiger partial charge in [-0.25, -0.2) is 10.3 Å². The van der Waals surface area contributed by atoms with Crippen molar-refractivity contribution in [3.8, 4) is 23.0 Å². The number of nitrogens with one attached hydrogen (secondary N) is 2. The molecule has 0 aliphatic heterocycles. The maximum atomic E-state index is 12.4. The molecule has 19 heteroatoms. The number of phenols is 4. The molecule has 1 unspecified atom stereocenters. The maximum Gasteiger partial charge on any atom is 0.291 e. The summed E-state index contributed by atoms with van der Waals surface area (Å²) < 4.78 is 4.95. The summed E-state index contributed by atoms with van der Waals surface area (Å²) in [6.07, 6.45) is -1.83. The van der Waals surface area contributed by atoms with Crippen LogP contribution in [-0.2, 0) is 21.1 Å². The molecule has 41 heavy (non-hydrogen) atoms.